The van der Waals surface area contributed by atoms with E-state index in [2.05, 4.69) is 36.7 Å². The molecule has 3 heteroatoms. The molecule has 84 valence electrons. The minimum Gasteiger partial charge on any atom is -0.328 e. The Balaban J connectivity index is 1.83. The fourth-order valence-corrected chi connectivity index (χ4v) is 2.83. The third-order valence-electron chi connectivity index (χ3n) is 3.20. The molecule has 0 bridgehead atoms. The molecule has 0 spiro atoms. The van der Waals surface area contributed by atoms with Crippen molar-refractivity contribution in [2.75, 3.05) is 6.54 Å². The van der Waals surface area contributed by atoms with Crippen LogP contribution in [0.1, 0.15) is 31.6 Å². The van der Waals surface area contributed by atoms with Crippen molar-refractivity contribution >= 4 is 11.3 Å². The SMILES string of the molecule is CC(C)(CNC1CC(N)C1)c1cccs1. The maximum atomic E-state index is 5.76. The fraction of sp³-hybridized carbons (Fsp3) is 0.667. The summed E-state index contributed by atoms with van der Waals surface area (Å²) in [6.45, 7) is 5.64. The maximum absolute atomic E-state index is 5.76. The molecule has 0 aliphatic heterocycles. The quantitative estimate of drug-likeness (QED) is 0.822. The highest BCUT2D eigenvalue weighted by molar-refractivity contribution is 7.10. The first kappa shape index (κ1) is 11.1. The predicted molar refractivity (Wildman–Crippen MR) is 66.3 cm³/mol. The van der Waals surface area contributed by atoms with Crippen molar-refractivity contribution in [2.24, 2.45) is 5.73 Å². The normalized spacial score (nSPS) is 26.3. The Morgan fingerprint density at radius 2 is 2.27 bits per heavy atom. The summed E-state index contributed by atoms with van der Waals surface area (Å²) in [5, 5.41) is 5.75. The van der Waals surface area contributed by atoms with E-state index in [-0.39, 0.29) is 5.41 Å². The summed E-state index contributed by atoms with van der Waals surface area (Å²) in [6, 6.07) is 5.44. The molecule has 3 N–H and O–H groups in total. The van der Waals surface area contributed by atoms with Gasteiger partial charge in [0, 0.05) is 28.9 Å². The van der Waals surface area contributed by atoms with Gasteiger partial charge in [-0.1, -0.05) is 19.9 Å². The van der Waals surface area contributed by atoms with Gasteiger partial charge in [-0.05, 0) is 24.3 Å². The van der Waals surface area contributed by atoms with Crippen LogP contribution in [-0.4, -0.2) is 18.6 Å². The Hall–Kier alpha value is -0.380. The highest BCUT2D eigenvalue weighted by Gasteiger charge is 2.28. The maximum Gasteiger partial charge on any atom is 0.0115 e. The molecule has 1 fully saturated rings. The average molecular weight is 224 g/mol. The highest BCUT2D eigenvalue weighted by Crippen LogP contribution is 2.27. The summed E-state index contributed by atoms with van der Waals surface area (Å²) < 4.78 is 0. The zero-order valence-corrected chi connectivity index (χ0v) is 10.3. The molecule has 0 radical (unpaired) electrons. The number of hydrogen-bond acceptors (Lipinski definition) is 3. The minimum absolute atomic E-state index is 0.244. The fourth-order valence-electron chi connectivity index (χ4n) is 1.98. The molecule has 1 aliphatic rings. The molecular formula is C12H20N2S. The van der Waals surface area contributed by atoms with E-state index < -0.39 is 0 Å². The molecule has 0 amide bonds. The molecule has 1 heterocycles. The smallest absolute Gasteiger partial charge is 0.0115 e. The topological polar surface area (TPSA) is 38.0 Å². The molecule has 2 nitrogen and oxygen atoms in total. The van der Waals surface area contributed by atoms with Crippen LogP contribution in [0.25, 0.3) is 0 Å². The van der Waals surface area contributed by atoms with Crippen LogP contribution in [0, 0.1) is 0 Å². The Morgan fingerprint density at radius 3 is 2.80 bits per heavy atom. The van der Waals surface area contributed by atoms with Gasteiger partial charge in [-0.25, -0.2) is 0 Å². The lowest BCUT2D eigenvalue weighted by Crippen LogP contribution is -2.51. The Kier molecular flexibility index (Phi) is 3.14. The van der Waals surface area contributed by atoms with Gasteiger partial charge in [0.1, 0.15) is 0 Å². The zero-order valence-electron chi connectivity index (χ0n) is 9.49. The van der Waals surface area contributed by atoms with Gasteiger partial charge in [0.25, 0.3) is 0 Å². The second-order valence-corrected chi connectivity index (χ2v) is 6.12. The van der Waals surface area contributed by atoms with Crippen molar-refractivity contribution in [3.8, 4) is 0 Å². The molecule has 0 saturated heterocycles. The first-order chi connectivity index (χ1) is 7.08. The van der Waals surface area contributed by atoms with Crippen LogP contribution in [0.15, 0.2) is 17.5 Å². The highest BCUT2D eigenvalue weighted by atomic mass is 32.1. The second-order valence-electron chi connectivity index (χ2n) is 5.17. The summed E-state index contributed by atoms with van der Waals surface area (Å²) in [7, 11) is 0. The van der Waals surface area contributed by atoms with E-state index in [1.807, 2.05) is 11.3 Å². The number of nitrogens with one attached hydrogen (secondary N) is 1. The van der Waals surface area contributed by atoms with E-state index in [9.17, 15) is 0 Å². The molecule has 0 atom stereocenters. The van der Waals surface area contributed by atoms with Crippen LogP contribution in [0.5, 0.6) is 0 Å². The van der Waals surface area contributed by atoms with Crippen molar-refractivity contribution in [1.82, 2.24) is 5.32 Å². The minimum atomic E-state index is 0.244. The van der Waals surface area contributed by atoms with Crippen LogP contribution in [0.2, 0.25) is 0 Å². The molecule has 0 aromatic carbocycles. The van der Waals surface area contributed by atoms with Crippen LogP contribution >= 0.6 is 11.3 Å². The molecule has 1 aromatic heterocycles. The van der Waals surface area contributed by atoms with E-state index in [1.54, 1.807) is 0 Å². The van der Waals surface area contributed by atoms with Gasteiger partial charge in [0.05, 0.1) is 0 Å². The largest absolute Gasteiger partial charge is 0.328 e. The van der Waals surface area contributed by atoms with E-state index in [0.717, 1.165) is 19.4 Å². The van der Waals surface area contributed by atoms with Gasteiger partial charge in [-0.3, -0.25) is 0 Å². The Labute approximate surface area is 95.9 Å². The monoisotopic (exact) mass is 224 g/mol. The van der Waals surface area contributed by atoms with Crippen LogP contribution in [-0.2, 0) is 5.41 Å². The van der Waals surface area contributed by atoms with Crippen LogP contribution < -0.4 is 11.1 Å². The molecule has 1 aromatic rings. The lowest BCUT2D eigenvalue weighted by atomic mass is 9.85. The van der Waals surface area contributed by atoms with Crippen molar-refractivity contribution < 1.29 is 0 Å². The lowest BCUT2D eigenvalue weighted by Gasteiger charge is -2.36. The van der Waals surface area contributed by atoms with E-state index in [4.69, 9.17) is 5.73 Å². The Morgan fingerprint density at radius 1 is 1.53 bits per heavy atom. The van der Waals surface area contributed by atoms with Crippen molar-refractivity contribution in [3.63, 3.8) is 0 Å². The van der Waals surface area contributed by atoms with Gasteiger partial charge in [0.2, 0.25) is 0 Å². The van der Waals surface area contributed by atoms with Gasteiger partial charge in [-0.15, -0.1) is 11.3 Å². The van der Waals surface area contributed by atoms with Gasteiger partial charge in [-0.2, -0.15) is 0 Å². The van der Waals surface area contributed by atoms with Crippen molar-refractivity contribution in [1.29, 1.82) is 0 Å². The van der Waals surface area contributed by atoms with Gasteiger partial charge >= 0.3 is 0 Å². The Bertz CT molecular complexity index is 299. The molecule has 2 rings (SSSR count). The van der Waals surface area contributed by atoms with Crippen LogP contribution in [0.4, 0.5) is 0 Å². The first-order valence-corrected chi connectivity index (χ1v) is 6.49. The third kappa shape index (κ3) is 2.60. The average Bonchev–Trinajstić information content (AvgIpc) is 2.63. The molecule has 1 aliphatic carbocycles. The van der Waals surface area contributed by atoms with Crippen molar-refractivity contribution in [3.05, 3.63) is 22.4 Å². The van der Waals surface area contributed by atoms with E-state index in [1.165, 1.54) is 4.88 Å². The first-order valence-electron chi connectivity index (χ1n) is 5.61. The standard InChI is InChI=1S/C12H20N2S/c1-12(2,11-4-3-5-15-11)8-14-10-6-9(13)7-10/h3-5,9-10,14H,6-8,13H2,1-2H3. The molecule has 15 heavy (non-hydrogen) atoms. The number of hydrogen-bond donors (Lipinski definition) is 2. The third-order valence-corrected chi connectivity index (χ3v) is 4.43. The van der Waals surface area contributed by atoms with Crippen LogP contribution in [0.3, 0.4) is 0 Å². The summed E-state index contributed by atoms with van der Waals surface area (Å²) in [5.74, 6) is 0. The summed E-state index contributed by atoms with van der Waals surface area (Å²) >= 11 is 1.84. The molecule has 1 saturated carbocycles. The number of nitrogens with two attached hydrogens (primary N) is 1. The second kappa shape index (κ2) is 4.24. The molecule has 0 unspecified atom stereocenters. The van der Waals surface area contributed by atoms with E-state index in [0.29, 0.717) is 12.1 Å². The molecular weight excluding hydrogens is 204 g/mol. The van der Waals surface area contributed by atoms with E-state index >= 15 is 0 Å². The zero-order chi connectivity index (χ0) is 10.9. The van der Waals surface area contributed by atoms with Gasteiger partial charge in [0.15, 0.2) is 0 Å². The van der Waals surface area contributed by atoms with Crippen molar-refractivity contribution in [2.45, 2.75) is 44.2 Å². The summed E-state index contributed by atoms with van der Waals surface area (Å²) in [5.41, 5.74) is 6.01. The summed E-state index contributed by atoms with van der Waals surface area (Å²) in [6.07, 6.45) is 2.28. The summed E-state index contributed by atoms with van der Waals surface area (Å²) in [4.78, 5) is 1.46. The lowest BCUT2D eigenvalue weighted by molar-refractivity contribution is 0.275. The number of thiophene rings is 1. The van der Waals surface area contributed by atoms with Gasteiger partial charge < -0.3 is 11.1 Å². The number of rotatable bonds is 4. The predicted octanol–water partition coefficient (Wildman–Crippen LogP) is 2.10.